The van der Waals surface area contributed by atoms with Crippen LogP contribution in [0.15, 0.2) is 12.1 Å². The minimum Gasteiger partial charge on any atom is -0.508 e. The van der Waals surface area contributed by atoms with Crippen molar-refractivity contribution >= 4 is 11.6 Å². The molecule has 0 spiro atoms. The maximum Gasteiger partial charge on any atom is 0.131 e. The van der Waals surface area contributed by atoms with Crippen molar-refractivity contribution in [1.29, 1.82) is 0 Å². The average Bonchev–Trinajstić information content (AvgIpc) is 2.04. The zero-order valence-electron chi connectivity index (χ0n) is 7.25. The lowest BCUT2D eigenvalue weighted by Gasteiger charge is -2.09. The Kier molecular flexibility index (Phi) is 3.25. The summed E-state index contributed by atoms with van der Waals surface area (Å²) in [4.78, 5) is 0. The van der Waals surface area contributed by atoms with Crippen molar-refractivity contribution in [1.82, 2.24) is 0 Å². The molecule has 4 heteroatoms. The number of hydrogen-bond acceptors (Lipinski definition) is 3. The number of halogens is 1. The first-order chi connectivity index (χ1) is 6.19. The second kappa shape index (κ2) is 4.23. The number of rotatable bonds is 3. The van der Waals surface area contributed by atoms with Crippen LogP contribution in [0.1, 0.15) is 12.5 Å². The number of phenols is 2. The van der Waals surface area contributed by atoms with Crippen LogP contribution in [-0.4, -0.2) is 16.8 Å². The summed E-state index contributed by atoms with van der Waals surface area (Å²) in [7, 11) is 0. The van der Waals surface area contributed by atoms with Crippen molar-refractivity contribution in [3.63, 3.8) is 0 Å². The zero-order valence-corrected chi connectivity index (χ0v) is 8.01. The molecule has 0 saturated heterocycles. The molecule has 1 aromatic carbocycles. The zero-order chi connectivity index (χ0) is 9.84. The highest BCUT2D eigenvalue weighted by Crippen LogP contribution is 2.33. The SMILES string of the molecule is CCOc1cc(O)cc(O)c1CCl. The van der Waals surface area contributed by atoms with Crippen molar-refractivity contribution < 1.29 is 14.9 Å². The maximum absolute atomic E-state index is 9.37. The standard InChI is InChI=1S/C9H11ClO3/c1-2-13-9-4-6(11)3-8(12)7(9)5-10/h3-4,11-12H,2,5H2,1H3. The van der Waals surface area contributed by atoms with E-state index in [2.05, 4.69) is 0 Å². The Morgan fingerprint density at radius 1 is 1.38 bits per heavy atom. The molecule has 0 amide bonds. The molecule has 0 aromatic heterocycles. The summed E-state index contributed by atoms with van der Waals surface area (Å²) >= 11 is 5.60. The summed E-state index contributed by atoms with van der Waals surface area (Å²) in [5.74, 6) is 0.504. The quantitative estimate of drug-likeness (QED) is 0.740. The van der Waals surface area contributed by atoms with E-state index >= 15 is 0 Å². The van der Waals surface area contributed by atoms with Crippen molar-refractivity contribution in [2.24, 2.45) is 0 Å². The molecule has 72 valence electrons. The van der Waals surface area contributed by atoms with Crippen LogP contribution in [-0.2, 0) is 5.88 Å². The van der Waals surface area contributed by atoms with Gasteiger partial charge in [-0.1, -0.05) is 0 Å². The third-order valence-corrected chi connectivity index (χ3v) is 1.87. The fourth-order valence-electron chi connectivity index (χ4n) is 1.04. The molecule has 0 heterocycles. The van der Waals surface area contributed by atoms with Crippen LogP contribution in [0.4, 0.5) is 0 Å². The Morgan fingerprint density at radius 3 is 2.62 bits per heavy atom. The van der Waals surface area contributed by atoms with Gasteiger partial charge in [-0.2, -0.15) is 0 Å². The first-order valence-electron chi connectivity index (χ1n) is 3.92. The second-order valence-corrected chi connectivity index (χ2v) is 2.78. The lowest BCUT2D eigenvalue weighted by Crippen LogP contribution is -1.95. The predicted molar refractivity (Wildman–Crippen MR) is 50.5 cm³/mol. The summed E-state index contributed by atoms with van der Waals surface area (Å²) in [5.41, 5.74) is 0.501. The Labute approximate surface area is 81.5 Å². The van der Waals surface area contributed by atoms with E-state index in [0.29, 0.717) is 17.9 Å². The Morgan fingerprint density at radius 2 is 2.08 bits per heavy atom. The maximum atomic E-state index is 9.37. The van der Waals surface area contributed by atoms with E-state index in [1.165, 1.54) is 12.1 Å². The summed E-state index contributed by atoms with van der Waals surface area (Å²) < 4.78 is 5.19. The molecule has 0 saturated carbocycles. The van der Waals surface area contributed by atoms with Crippen molar-refractivity contribution in [3.05, 3.63) is 17.7 Å². The lowest BCUT2D eigenvalue weighted by molar-refractivity contribution is 0.331. The van der Waals surface area contributed by atoms with E-state index in [9.17, 15) is 5.11 Å². The molecule has 0 atom stereocenters. The molecule has 0 aliphatic carbocycles. The van der Waals surface area contributed by atoms with Gasteiger partial charge in [0, 0.05) is 12.1 Å². The molecule has 1 rings (SSSR count). The second-order valence-electron chi connectivity index (χ2n) is 2.51. The average molecular weight is 203 g/mol. The molecule has 0 aliphatic heterocycles. The van der Waals surface area contributed by atoms with Gasteiger partial charge in [-0.3, -0.25) is 0 Å². The minimum absolute atomic E-state index is 0.0326. The minimum atomic E-state index is -0.0431. The van der Waals surface area contributed by atoms with Gasteiger partial charge in [-0.05, 0) is 6.92 Å². The van der Waals surface area contributed by atoms with Gasteiger partial charge in [0.2, 0.25) is 0 Å². The van der Waals surface area contributed by atoms with Gasteiger partial charge < -0.3 is 14.9 Å². The number of benzene rings is 1. The summed E-state index contributed by atoms with van der Waals surface area (Å²) in [5, 5.41) is 18.5. The van der Waals surface area contributed by atoms with E-state index in [1.54, 1.807) is 0 Å². The fraction of sp³-hybridized carbons (Fsp3) is 0.333. The monoisotopic (exact) mass is 202 g/mol. The van der Waals surface area contributed by atoms with E-state index in [1.807, 2.05) is 6.92 Å². The molecule has 2 N–H and O–H groups in total. The highest BCUT2D eigenvalue weighted by Gasteiger charge is 2.09. The smallest absolute Gasteiger partial charge is 0.131 e. The number of phenolic OH excluding ortho intramolecular Hbond substituents is 2. The van der Waals surface area contributed by atoms with E-state index in [-0.39, 0.29) is 17.4 Å². The molecular weight excluding hydrogens is 192 g/mol. The Hall–Kier alpha value is -1.09. The molecule has 0 unspecified atom stereocenters. The number of hydrogen-bond donors (Lipinski definition) is 2. The van der Waals surface area contributed by atoms with E-state index in [0.717, 1.165) is 0 Å². The van der Waals surface area contributed by atoms with Crippen LogP contribution in [0.2, 0.25) is 0 Å². The molecular formula is C9H11ClO3. The summed E-state index contributed by atoms with van der Waals surface area (Å²) in [6, 6.07) is 2.67. The third-order valence-electron chi connectivity index (χ3n) is 1.60. The van der Waals surface area contributed by atoms with Gasteiger partial charge in [0.05, 0.1) is 18.1 Å². The van der Waals surface area contributed by atoms with Crippen LogP contribution < -0.4 is 4.74 Å². The Bertz CT molecular complexity index is 299. The largest absolute Gasteiger partial charge is 0.508 e. The fourth-order valence-corrected chi connectivity index (χ4v) is 1.30. The number of alkyl halides is 1. The molecule has 0 radical (unpaired) electrons. The van der Waals surface area contributed by atoms with Gasteiger partial charge in [0.25, 0.3) is 0 Å². The van der Waals surface area contributed by atoms with Gasteiger partial charge in [-0.15, -0.1) is 11.6 Å². The highest BCUT2D eigenvalue weighted by atomic mass is 35.5. The topological polar surface area (TPSA) is 49.7 Å². The van der Waals surface area contributed by atoms with Crippen molar-refractivity contribution in [3.8, 4) is 17.2 Å². The van der Waals surface area contributed by atoms with Gasteiger partial charge in [0.1, 0.15) is 17.2 Å². The highest BCUT2D eigenvalue weighted by molar-refractivity contribution is 6.17. The van der Waals surface area contributed by atoms with Gasteiger partial charge in [-0.25, -0.2) is 0 Å². The summed E-state index contributed by atoms with van der Waals surface area (Å²) in [6.07, 6.45) is 0. The molecule has 13 heavy (non-hydrogen) atoms. The van der Waals surface area contributed by atoms with Crippen LogP contribution in [0.25, 0.3) is 0 Å². The predicted octanol–water partition coefficient (Wildman–Crippen LogP) is 2.24. The number of ether oxygens (including phenoxy) is 1. The first kappa shape index (κ1) is 9.99. The first-order valence-corrected chi connectivity index (χ1v) is 4.46. The lowest BCUT2D eigenvalue weighted by atomic mass is 10.2. The number of aromatic hydroxyl groups is 2. The van der Waals surface area contributed by atoms with Crippen molar-refractivity contribution in [2.75, 3.05) is 6.61 Å². The van der Waals surface area contributed by atoms with E-state index < -0.39 is 0 Å². The van der Waals surface area contributed by atoms with Crippen LogP contribution in [0.5, 0.6) is 17.2 Å². The molecule has 1 aromatic rings. The third kappa shape index (κ3) is 2.18. The van der Waals surface area contributed by atoms with Crippen LogP contribution >= 0.6 is 11.6 Å². The van der Waals surface area contributed by atoms with Gasteiger partial charge in [0.15, 0.2) is 0 Å². The molecule has 0 fully saturated rings. The van der Waals surface area contributed by atoms with Crippen LogP contribution in [0.3, 0.4) is 0 Å². The summed E-state index contributed by atoms with van der Waals surface area (Å²) in [6.45, 7) is 2.28. The van der Waals surface area contributed by atoms with Crippen molar-refractivity contribution in [2.45, 2.75) is 12.8 Å². The molecule has 0 bridgehead atoms. The van der Waals surface area contributed by atoms with Gasteiger partial charge >= 0.3 is 0 Å². The Balaban J connectivity index is 3.13. The van der Waals surface area contributed by atoms with E-state index in [4.69, 9.17) is 21.4 Å². The van der Waals surface area contributed by atoms with Crippen LogP contribution in [0, 0.1) is 0 Å². The molecule has 0 aliphatic rings. The molecule has 3 nitrogen and oxygen atoms in total. The normalized spacial score (nSPS) is 10.0.